The smallest absolute Gasteiger partial charge is 0.0392 e. The molecule has 2 rings (SSSR count). The fourth-order valence-corrected chi connectivity index (χ4v) is 3.45. The highest BCUT2D eigenvalue weighted by Gasteiger charge is 2.36. The predicted molar refractivity (Wildman–Crippen MR) is 81.2 cm³/mol. The maximum atomic E-state index is 4.36. The monoisotopic (exact) mass is 260 g/mol. The molecule has 1 aromatic heterocycles. The molecule has 0 bridgehead atoms. The van der Waals surface area contributed by atoms with Crippen LogP contribution in [0.5, 0.6) is 0 Å². The van der Waals surface area contributed by atoms with Crippen molar-refractivity contribution in [2.24, 2.45) is 5.41 Å². The Morgan fingerprint density at radius 3 is 2.68 bits per heavy atom. The van der Waals surface area contributed by atoms with E-state index in [0.717, 1.165) is 6.54 Å². The third-order valence-corrected chi connectivity index (χ3v) is 4.68. The van der Waals surface area contributed by atoms with Crippen LogP contribution in [0.2, 0.25) is 0 Å². The van der Waals surface area contributed by atoms with Gasteiger partial charge in [-0.05, 0) is 55.3 Å². The molecule has 1 N–H and O–H groups in total. The molecule has 0 aromatic carbocycles. The van der Waals surface area contributed by atoms with Gasteiger partial charge in [-0.15, -0.1) is 0 Å². The summed E-state index contributed by atoms with van der Waals surface area (Å²) in [5.74, 6) is 0. The van der Waals surface area contributed by atoms with Crippen molar-refractivity contribution in [1.82, 2.24) is 10.3 Å². The van der Waals surface area contributed by atoms with Crippen LogP contribution in [-0.4, -0.2) is 11.5 Å². The van der Waals surface area contributed by atoms with Crippen LogP contribution >= 0.6 is 0 Å². The van der Waals surface area contributed by atoms with E-state index in [2.05, 4.69) is 43.3 Å². The van der Waals surface area contributed by atoms with E-state index in [4.69, 9.17) is 0 Å². The summed E-state index contributed by atoms with van der Waals surface area (Å²) in [7, 11) is 0. The molecule has 2 nitrogen and oxygen atoms in total. The number of hydrogen-bond acceptors (Lipinski definition) is 2. The van der Waals surface area contributed by atoms with Gasteiger partial charge in [-0.2, -0.15) is 0 Å². The number of aromatic nitrogens is 1. The molecule has 1 aliphatic rings. The molecule has 1 atom stereocenters. The quantitative estimate of drug-likeness (QED) is 0.848. The molecule has 0 spiro atoms. The van der Waals surface area contributed by atoms with E-state index in [-0.39, 0.29) is 0 Å². The first-order chi connectivity index (χ1) is 9.17. The fourth-order valence-electron chi connectivity index (χ4n) is 3.45. The van der Waals surface area contributed by atoms with Gasteiger partial charge in [-0.1, -0.05) is 33.1 Å². The lowest BCUT2D eigenvalue weighted by atomic mass is 9.68. The highest BCUT2D eigenvalue weighted by atomic mass is 14.9. The van der Waals surface area contributed by atoms with Crippen LogP contribution < -0.4 is 5.32 Å². The zero-order valence-corrected chi connectivity index (χ0v) is 12.7. The van der Waals surface area contributed by atoms with Crippen LogP contribution in [0, 0.1) is 12.3 Å². The van der Waals surface area contributed by atoms with Gasteiger partial charge in [-0.3, -0.25) is 4.98 Å². The number of hydrogen-bond donors (Lipinski definition) is 1. The van der Waals surface area contributed by atoms with Crippen LogP contribution in [-0.2, 0) is 0 Å². The molecule has 1 aromatic rings. The summed E-state index contributed by atoms with van der Waals surface area (Å²) >= 11 is 0. The van der Waals surface area contributed by atoms with E-state index < -0.39 is 0 Å². The van der Waals surface area contributed by atoms with Crippen molar-refractivity contribution >= 4 is 0 Å². The lowest BCUT2D eigenvalue weighted by molar-refractivity contribution is 0.144. The normalized spacial score (nSPS) is 20.2. The zero-order valence-electron chi connectivity index (χ0n) is 12.7. The SMILES string of the molecule is CCCNC(c1cnccc1C)C1(C)CCCCC1. The second kappa shape index (κ2) is 6.51. The van der Waals surface area contributed by atoms with Crippen molar-refractivity contribution in [3.05, 3.63) is 29.6 Å². The summed E-state index contributed by atoms with van der Waals surface area (Å²) in [5.41, 5.74) is 3.16. The van der Waals surface area contributed by atoms with Crippen molar-refractivity contribution < 1.29 is 0 Å². The summed E-state index contributed by atoms with van der Waals surface area (Å²) in [5, 5.41) is 3.80. The minimum absolute atomic E-state index is 0.390. The first-order valence-electron chi connectivity index (χ1n) is 7.81. The van der Waals surface area contributed by atoms with Gasteiger partial charge in [0.05, 0.1) is 0 Å². The molecule has 1 aliphatic carbocycles. The third-order valence-electron chi connectivity index (χ3n) is 4.68. The second-order valence-electron chi connectivity index (χ2n) is 6.33. The Bertz CT molecular complexity index is 394. The highest BCUT2D eigenvalue weighted by Crippen LogP contribution is 2.46. The molecule has 2 heteroatoms. The number of pyridine rings is 1. The summed E-state index contributed by atoms with van der Waals surface area (Å²) < 4.78 is 0. The summed E-state index contributed by atoms with van der Waals surface area (Å²) in [6, 6.07) is 2.60. The van der Waals surface area contributed by atoms with Crippen LogP contribution in [0.4, 0.5) is 0 Å². The second-order valence-corrected chi connectivity index (χ2v) is 6.33. The van der Waals surface area contributed by atoms with Crippen molar-refractivity contribution in [1.29, 1.82) is 0 Å². The Hall–Kier alpha value is -0.890. The van der Waals surface area contributed by atoms with Gasteiger partial charge in [0, 0.05) is 18.4 Å². The molecule has 1 fully saturated rings. The van der Waals surface area contributed by atoms with Crippen molar-refractivity contribution in [3.63, 3.8) is 0 Å². The van der Waals surface area contributed by atoms with E-state index in [0.29, 0.717) is 11.5 Å². The molecule has 1 saturated carbocycles. The predicted octanol–water partition coefficient (Wildman–Crippen LogP) is 4.40. The number of rotatable bonds is 5. The van der Waals surface area contributed by atoms with Crippen LogP contribution in [0.25, 0.3) is 0 Å². The van der Waals surface area contributed by atoms with Gasteiger partial charge in [-0.25, -0.2) is 0 Å². The first kappa shape index (κ1) is 14.5. The highest BCUT2D eigenvalue weighted by molar-refractivity contribution is 5.27. The standard InChI is InChI=1S/C17H28N2/c1-4-11-19-16(15-13-18-12-8-14(15)2)17(3)9-6-5-7-10-17/h8,12-13,16,19H,4-7,9-11H2,1-3H3. The van der Waals surface area contributed by atoms with Gasteiger partial charge in [0.2, 0.25) is 0 Å². The molecule has 0 radical (unpaired) electrons. The fraction of sp³-hybridized carbons (Fsp3) is 0.706. The van der Waals surface area contributed by atoms with E-state index in [9.17, 15) is 0 Å². The molecule has 1 heterocycles. The number of aryl methyl sites for hydroxylation is 1. The van der Waals surface area contributed by atoms with Crippen LogP contribution in [0.1, 0.15) is 69.5 Å². The summed E-state index contributed by atoms with van der Waals surface area (Å²) in [6.45, 7) is 8.01. The van der Waals surface area contributed by atoms with Crippen molar-refractivity contribution in [2.75, 3.05) is 6.54 Å². The van der Waals surface area contributed by atoms with Crippen LogP contribution in [0.3, 0.4) is 0 Å². The average molecular weight is 260 g/mol. The lowest BCUT2D eigenvalue weighted by Gasteiger charge is -2.42. The third kappa shape index (κ3) is 3.36. The molecule has 106 valence electrons. The Labute approximate surface area is 118 Å². The van der Waals surface area contributed by atoms with E-state index >= 15 is 0 Å². The number of nitrogens with one attached hydrogen (secondary N) is 1. The first-order valence-corrected chi connectivity index (χ1v) is 7.81. The van der Waals surface area contributed by atoms with Gasteiger partial charge >= 0.3 is 0 Å². The summed E-state index contributed by atoms with van der Waals surface area (Å²) in [4.78, 5) is 4.36. The van der Waals surface area contributed by atoms with E-state index in [1.165, 1.54) is 49.7 Å². The maximum absolute atomic E-state index is 4.36. The largest absolute Gasteiger partial charge is 0.309 e. The summed E-state index contributed by atoms with van der Waals surface area (Å²) in [6.07, 6.45) is 12.0. The molecule has 1 unspecified atom stereocenters. The van der Waals surface area contributed by atoms with Gasteiger partial charge in [0.25, 0.3) is 0 Å². The molecule has 0 saturated heterocycles. The average Bonchev–Trinajstić information content (AvgIpc) is 2.42. The Balaban J connectivity index is 2.27. The lowest BCUT2D eigenvalue weighted by Crippen LogP contribution is -2.38. The number of nitrogens with zero attached hydrogens (tertiary/aromatic N) is 1. The molecule has 19 heavy (non-hydrogen) atoms. The molecular weight excluding hydrogens is 232 g/mol. The van der Waals surface area contributed by atoms with Crippen LogP contribution in [0.15, 0.2) is 18.5 Å². The van der Waals surface area contributed by atoms with Gasteiger partial charge < -0.3 is 5.32 Å². The van der Waals surface area contributed by atoms with Gasteiger partial charge in [0.1, 0.15) is 0 Å². The van der Waals surface area contributed by atoms with Crippen molar-refractivity contribution in [2.45, 2.75) is 65.3 Å². The molecule has 0 amide bonds. The van der Waals surface area contributed by atoms with Gasteiger partial charge in [0.15, 0.2) is 0 Å². The minimum atomic E-state index is 0.390. The zero-order chi connectivity index (χ0) is 13.7. The Kier molecular flexibility index (Phi) is 4.98. The van der Waals surface area contributed by atoms with Crippen molar-refractivity contribution in [3.8, 4) is 0 Å². The minimum Gasteiger partial charge on any atom is -0.309 e. The Morgan fingerprint density at radius 2 is 2.05 bits per heavy atom. The molecule has 0 aliphatic heterocycles. The Morgan fingerprint density at radius 1 is 1.32 bits per heavy atom. The topological polar surface area (TPSA) is 24.9 Å². The van der Waals surface area contributed by atoms with E-state index in [1.54, 1.807) is 0 Å². The molecular formula is C17H28N2. The maximum Gasteiger partial charge on any atom is 0.0392 e. The van der Waals surface area contributed by atoms with E-state index in [1.807, 2.05) is 6.20 Å².